The third-order valence-electron chi connectivity index (χ3n) is 2.40. The number of hydrogen-bond acceptors (Lipinski definition) is 3. The Kier molecular flexibility index (Phi) is 10.4. The van der Waals surface area contributed by atoms with Crippen molar-refractivity contribution in [2.45, 2.75) is 67.5 Å². The van der Waals surface area contributed by atoms with Gasteiger partial charge in [0.2, 0.25) is 0 Å². The number of hydrogen-bond donors (Lipinski definition) is 0. The predicted octanol–water partition coefficient (Wildman–Crippen LogP) is 4.07. The minimum atomic E-state index is -1.43. The molecule has 0 aliphatic heterocycles. The molecule has 0 N–H and O–H groups in total. The minimum Gasteiger partial charge on any atom is -0.353 e. The molecule has 0 aromatic rings. The molecular formula is C15H32O3Si. The van der Waals surface area contributed by atoms with Crippen molar-refractivity contribution in [1.82, 2.24) is 0 Å². The standard InChI is InChI=1S/C9H18OSi.C6H14O2/c1-9(2,3)8(7-10)11(4,5)6;1-4-7-6(3)8-5-2/h1-6H3;6H,4-5H2,1-3H3. The number of allylic oxidation sites excluding steroid dienone is 1. The van der Waals surface area contributed by atoms with E-state index in [1.54, 1.807) is 0 Å². The van der Waals surface area contributed by atoms with Crippen LogP contribution >= 0.6 is 0 Å². The van der Waals surface area contributed by atoms with E-state index < -0.39 is 8.07 Å². The van der Waals surface area contributed by atoms with Crippen LogP contribution in [0.5, 0.6) is 0 Å². The monoisotopic (exact) mass is 288 g/mol. The van der Waals surface area contributed by atoms with E-state index in [9.17, 15) is 4.79 Å². The van der Waals surface area contributed by atoms with Gasteiger partial charge in [-0.3, -0.25) is 0 Å². The van der Waals surface area contributed by atoms with Crippen molar-refractivity contribution in [3.63, 3.8) is 0 Å². The van der Waals surface area contributed by atoms with Gasteiger partial charge in [0, 0.05) is 18.4 Å². The topological polar surface area (TPSA) is 35.5 Å². The molecule has 0 atom stereocenters. The average molecular weight is 289 g/mol. The zero-order valence-corrected chi connectivity index (χ0v) is 15.2. The van der Waals surface area contributed by atoms with E-state index in [4.69, 9.17) is 9.47 Å². The van der Waals surface area contributed by atoms with Gasteiger partial charge in [-0.15, -0.1) is 0 Å². The lowest BCUT2D eigenvalue weighted by molar-refractivity contribution is -0.123. The van der Waals surface area contributed by atoms with Gasteiger partial charge < -0.3 is 9.47 Å². The second-order valence-electron chi connectivity index (χ2n) is 6.46. The maximum absolute atomic E-state index is 10.7. The van der Waals surface area contributed by atoms with Crippen molar-refractivity contribution in [3.8, 4) is 0 Å². The molecule has 0 aliphatic rings. The zero-order valence-electron chi connectivity index (χ0n) is 14.2. The number of carbonyl (C=O) groups excluding carboxylic acids is 1. The third-order valence-corrected chi connectivity index (χ3v) is 4.76. The Morgan fingerprint density at radius 1 is 1.11 bits per heavy atom. The summed E-state index contributed by atoms with van der Waals surface area (Å²) in [6.07, 6.45) is -0.0370. The molecule has 0 aromatic heterocycles. The highest BCUT2D eigenvalue weighted by Gasteiger charge is 2.30. The Bertz CT molecular complexity index is 259. The molecule has 0 saturated carbocycles. The van der Waals surface area contributed by atoms with E-state index in [-0.39, 0.29) is 11.7 Å². The van der Waals surface area contributed by atoms with Gasteiger partial charge in [0.15, 0.2) is 6.29 Å². The van der Waals surface area contributed by atoms with Crippen LogP contribution in [-0.2, 0) is 14.3 Å². The Balaban J connectivity index is 0. The fourth-order valence-corrected chi connectivity index (χ4v) is 4.50. The van der Waals surface area contributed by atoms with Gasteiger partial charge in [-0.05, 0) is 26.2 Å². The molecule has 4 heteroatoms. The third kappa shape index (κ3) is 11.1. The lowest BCUT2D eigenvalue weighted by Gasteiger charge is -2.28. The highest BCUT2D eigenvalue weighted by molar-refractivity contribution is 6.84. The van der Waals surface area contributed by atoms with Crippen LogP contribution in [-0.4, -0.2) is 33.5 Å². The van der Waals surface area contributed by atoms with E-state index in [0.717, 1.165) is 18.4 Å². The molecule has 0 amide bonds. The summed E-state index contributed by atoms with van der Waals surface area (Å²) in [4.78, 5) is 10.7. The predicted molar refractivity (Wildman–Crippen MR) is 84.7 cm³/mol. The van der Waals surface area contributed by atoms with Crippen LogP contribution in [0.4, 0.5) is 0 Å². The summed E-state index contributed by atoms with van der Waals surface area (Å²) in [5.74, 6) is 2.11. The van der Waals surface area contributed by atoms with Crippen LogP contribution in [0.3, 0.4) is 0 Å². The minimum absolute atomic E-state index is 0.00617. The van der Waals surface area contributed by atoms with Gasteiger partial charge in [0.05, 0.1) is 8.07 Å². The quantitative estimate of drug-likeness (QED) is 0.434. The first-order valence-corrected chi connectivity index (χ1v) is 10.5. The van der Waals surface area contributed by atoms with Gasteiger partial charge >= 0.3 is 0 Å². The molecule has 0 radical (unpaired) electrons. The summed E-state index contributed by atoms with van der Waals surface area (Å²) in [6.45, 7) is 20.0. The molecule has 0 aliphatic carbocycles. The normalized spacial score (nSPS) is 11.7. The molecule has 0 fully saturated rings. The van der Waals surface area contributed by atoms with Crippen LogP contribution in [0.25, 0.3) is 0 Å². The molecule has 114 valence electrons. The number of rotatable bonds is 5. The summed E-state index contributed by atoms with van der Waals surface area (Å²) in [6, 6.07) is 0. The molecule has 0 rings (SSSR count). The lowest BCUT2D eigenvalue weighted by Crippen LogP contribution is -2.32. The maximum Gasteiger partial charge on any atom is 0.154 e. The summed E-state index contributed by atoms with van der Waals surface area (Å²) in [5, 5.41) is 0.991. The van der Waals surface area contributed by atoms with Gasteiger partial charge in [-0.2, -0.15) is 0 Å². The van der Waals surface area contributed by atoms with Crippen molar-refractivity contribution in [1.29, 1.82) is 0 Å². The summed E-state index contributed by atoms with van der Waals surface area (Å²) >= 11 is 0. The smallest absolute Gasteiger partial charge is 0.154 e. The van der Waals surface area contributed by atoms with Crippen molar-refractivity contribution in [2.75, 3.05) is 13.2 Å². The lowest BCUT2D eigenvalue weighted by atomic mass is 9.97. The second-order valence-corrected chi connectivity index (χ2v) is 11.5. The zero-order chi connectivity index (χ0) is 15.7. The Hall–Kier alpha value is -0.413. The summed E-state index contributed by atoms with van der Waals surface area (Å²) in [7, 11) is -1.43. The van der Waals surface area contributed by atoms with E-state index in [2.05, 4.69) is 46.4 Å². The largest absolute Gasteiger partial charge is 0.353 e. The van der Waals surface area contributed by atoms with E-state index >= 15 is 0 Å². The molecule has 0 aromatic carbocycles. The van der Waals surface area contributed by atoms with Crippen LogP contribution < -0.4 is 0 Å². The fraction of sp³-hybridized carbons (Fsp3) is 0.867. The second kappa shape index (κ2) is 9.48. The molecule has 0 bridgehead atoms. The summed E-state index contributed by atoms with van der Waals surface area (Å²) < 4.78 is 10.1. The van der Waals surface area contributed by atoms with E-state index in [1.165, 1.54) is 0 Å². The first-order valence-electron chi connectivity index (χ1n) is 6.99. The van der Waals surface area contributed by atoms with Gasteiger partial charge in [0.1, 0.15) is 5.94 Å². The molecule has 3 nitrogen and oxygen atoms in total. The first-order chi connectivity index (χ1) is 8.50. The van der Waals surface area contributed by atoms with Crippen LogP contribution in [0.1, 0.15) is 41.5 Å². The van der Waals surface area contributed by atoms with E-state index in [0.29, 0.717) is 0 Å². The fourth-order valence-electron chi connectivity index (χ4n) is 1.95. The Morgan fingerprint density at radius 3 is 1.58 bits per heavy atom. The van der Waals surface area contributed by atoms with Gasteiger partial charge in [0.25, 0.3) is 0 Å². The first kappa shape index (κ1) is 20.9. The molecule has 0 unspecified atom stereocenters. The Labute approximate surface area is 120 Å². The maximum atomic E-state index is 10.7. The van der Waals surface area contributed by atoms with Crippen LogP contribution in [0, 0.1) is 5.41 Å². The van der Waals surface area contributed by atoms with Crippen LogP contribution in [0.15, 0.2) is 5.20 Å². The summed E-state index contributed by atoms with van der Waals surface area (Å²) in [5.41, 5.74) is 0.00617. The van der Waals surface area contributed by atoms with Gasteiger partial charge in [-0.1, -0.05) is 40.4 Å². The van der Waals surface area contributed by atoms with Gasteiger partial charge in [-0.25, -0.2) is 4.79 Å². The molecule has 19 heavy (non-hydrogen) atoms. The highest BCUT2D eigenvalue weighted by Crippen LogP contribution is 2.30. The molecule has 0 spiro atoms. The Morgan fingerprint density at radius 2 is 1.47 bits per heavy atom. The van der Waals surface area contributed by atoms with Crippen molar-refractivity contribution >= 4 is 14.0 Å². The SMILES string of the molecule is CC(C)(C)C(=C=O)[Si](C)(C)C.CCOC(C)OCC. The van der Waals surface area contributed by atoms with Crippen molar-refractivity contribution in [2.24, 2.45) is 5.41 Å². The average Bonchev–Trinajstić information content (AvgIpc) is 2.15. The van der Waals surface area contributed by atoms with Crippen LogP contribution in [0.2, 0.25) is 19.6 Å². The molecule has 0 heterocycles. The highest BCUT2D eigenvalue weighted by atomic mass is 28.3. The van der Waals surface area contributed by atoms with Crippen molar-refractivity contribution in [3.05, 3.63) is 5.20 Å². The molecule has 0 saturated heterocycles. The number of ether oxygens (including phenoxy) is 2. The van der Waals surface area contributed by atoms with Crippen molar-refractivity contribution < 1.29 is 14.3 Å². The van der Waals surface area contributed by atoms with E-state index in [1.807, 2.05) is 20.8 Å². The molecular weight excluding hydrogens is 256 g/mol.